The Labute approximate surface area is 288 Å². The van der Waals surface area contributed by atoms with E-state index >= 15 is 0 Å². The third-order valence-corrected chi connectivity index (χ3v) is 9.80. The topological polar surface area (TPSA) is 141 Å². The van der Waals surface area contributed by atoms with Crippen LogP contribution in [0.3, 0.4) is 0 Å². The van der Waals surface area contributed by atoms with E-state index in [-0.39, 0.29) is 12.4 Å². The summed E-state index contributed by atoms with van der Waals surface area (Å²) < 4.78 is 25.0. The SMILES string of the molecule is COc1ccc(C(c2ccccc2)(c2ccc(OC)cc2)C(O)[C@@]23CO[C@@H]([C@H](n4cc(C)c(NC(=O)c5ccccc5)nc4=O)O2)[C@@H]3O)cc1. The number of benzene rings is 4. The van der Waals surface area contributed by atoms with E-state index in [2.05, 4.69) is 10.3 Å². The highest BCUT2D eigenvalue weighted by atomic mass is 16.7. The van der Waals surface area contributed by atoms with Crippen molar-refractivity contribution in [1.29, 1.82) is 0 Å². The van der Waals surface area contributed by atoms with Crippen molar-refractivity contribution in [3.05, 3.63) is 154 Å². The summed E-state index contributed by atoms with van der Waals surface area (Å²) in [5.74, 6) is 0.946. The zero-order valence-electron chi connectivity index (χ0n) is 27.7. The van der Waals surface area contributed by atoms with E-state index < -0.39 is 47.2 Å². The molecule has 2 fully saturated rings. The van der Waals surface area contributed by atoms with Crippen molar-refractivity contribution in [1.82, 2.24) is 9.55 Å². The molecular weight excluding hydrogens is 638 g/mol. The Balaban J connectivity index is 1.32. The van der Waals surface area contributed by atoms with Gasteiger partial charge in [-0.1, -0.05) is 72.8 Å². The van der Waals surface area contributed by atoms with Crippen LogP contribution < -0.4 is 20.5 Å². The van der Waals surface area contributed by atoms with Gasteiger partial charge in [-0.15, -0.1) is 0 Å². The standard InChI is InChI=1S/C39H37N3O8/c1-24-22-42(37(46)41-33(24)40-34(44)25-10-6-4-7-11-25)35-31-32(43)38(50-35,23-49-31)36(45)39(26-12-8-5-9-13-26,27-14-18-29(47-2)19-15-27)28-16-20-30(48-3)21-17-28/h4-22,31-32,35-36,43,45H,23H2,1-3H3,(H,40,41,44,46)/t31-,32+,35-,36?,38+/m1/s1. The van der Waals surface area contributed by atoms with Crippen molar-refractivity contribution in [2.45, 2.75) is 42.5 Å². The molecule has 11 nitrogen and oxygen atoms in total. The van der Waals surface area contributed by atoms with E-state index in [0.29, 0.717) is 33.8 Å². The Bertz CT molecular complexity index is 1990. The molecule has 11 heteroatoms. The van der Waals surface area contributed by atoms with Crippen molar-refractivity contribution >= 4 is 11.7 Å². The smallest absolute Gasteiger partial charge is 0.351 e. The number of nitrogens with zero attached hydrogens (tertiary/aromatic N) is 2. The number of carbonyl (C=O) groups excluding carboxylic acids is 1. The van der Waals surface area contributed by atoms with Gasteiger partial charge in [0.15, 0.2) is 6.23 Å². The molecule has 2 aliphatic rings. The summed E-state index contributed by atoms with van der Waals surface area (Å²) in [6.07, 6.45) is -3.43. The van der Waals surface area contributed by atoms with Gasteiger partial charge in [-0.25, -0.2) is 4.79 Å². The number of anilines is 1. The van der Waals surface area contributed by atoms with Crippen LogP contribution in [-0.4, -0.2) is 70.4 Å². The Morgan fingerprint density at radius 3 is 2.00 bits per heavy atom. The quantitative estimate of drug-likeness (QED) is 0.185. The number of hydrogen-bond donors (Lipinski definition) is 3. The molecule has 256 valence electrons. The lowest BCUT2D eigenvalue weighted by Gasteiger charge is -2.47. The lowest BCUT2D eigenvalue weighted by Crippen LogP contribution is -2.61. The van der Waals surface area contributed by atoms with Crippen LogP contribution in [0, 0.1) is 6.92 Å². The van der Waals surface area contributed by atoms with Gasteiger partial charge in [0, 0.05) is 17.3 Å². The second kappa shape index (κ2) is 13.2. The second-order valence-electron chi connectivity index (χ2n) is 12.5. The maximum absolute atomic E-state index is 13.5. The third kappa shape index (κ3) is 5.35. The molecule has 0 radical (unpaired) electrons. The van der Waals surface area contributed by atoms with Gasteiger partial charge in [0.05, 0.1) is 26.2 Å². The number of aryl methyl sites for hydroxylation is 1. The summed E-state index contributed by atoms with van der Waals surface area (Å²) in [5.41, 5.74) is -0.710. The van der Waals surface area contributed by atoms with Crippen molar-refractivity contribution < 1.29 is 34.0 Å². The first-order valence-corrected chi connectivity index (χ1v) is 16.2. The highest BCUT2D eigenvalue weighted by Gasteiger charge is 2.69. The average Bonchev–Trinajstić information content (AvgIpc) is 3.64. The zero-order valence-corrected chi connectivity index (χ0v) is 27.7. The molecule has 0 aliphatic carbocycles. The minimum Gasteiger partial charge on any atom is -0.497 e. The fourth-order valence-corrected chi connectivity index (χ4v) is 7.23. The van der Waals surface area contributed by atoms with E-state index in [4.69, 9.17) is 18.9 Å². The van der Waals surface area contributed by atoms with Crippen LogP contribution in [0.2, 0.25) is 0 Å². The van der Waals surface area contributed by atoms with Crippen LogP contribution in [0.15, 0.2) is 120 Å². The number of hydrogen-bond acceptors (Lipinski definition) is 9. The summed E-state index contributed by atoms with van der Waals surface area (Å²) in [5, 5.41) is 27.7. The molecule has 1 unspecified atom stereocenters. The van der Waals surface area contributed by atoms with Crippen molar-refractivity contribution in [2.24, 2.45) is 0 Å². The predicted molar refractivity (Wildman–Crippen MR) is 185 cm³/mol. The molecule has 1 aromatic heterocycles. The van der Waals surface area contributed by atoms with E-state index in [1.807, 2.05) is 78.9 Å². The molecular formula is C39H37N3O8. The maximum Gasteiger partial charge on any atom is 0.351 e. The normalized spacial score (nSPS) is 21.8. The van der Waals surface area contributed by atoms with E-state index in [1.54, 1.807) is 51.5 Å². The van der Waals surface area contributed by atoms with E-state index in [1.165, 1.54) is 10.8 Å². The number of carbonyl (C=O) groups is 1. The highest BCUT2D eigenvalue weighted by molar-refractivity contribution is 6.04. The third-order valence-electron chi connectivity index (χ3n) is 9.80. The summed E-state index contributed by atoms with van der Waals surface area (Å²) in [6.45, 7) is 1.55. The van der Waals surface area contributed by atoms with Crippen LogP contribution in [0.1, 0.15) is 38.8 Å². The largest absolute Gasteiger partial charge is 0.497 e. The Kier molecular flexibility index (Phi) is 8.75. The lowest BCUT2D eigenvalue weighted by molar-refractivity contribution is -0.217. The number of methoxy groups -OCH3 is 2. The van der Waals surface area contributed by atoms with Crippen LogP contribution >= 0.6 is 0 Å². The van der Waals surface area contributed by atoms with Gasteiger partial charge in [-0.2, -0.15) is 4.98 Å². The number of aromatic nitrogens is 2. The second-order valence-corrected chi connectivity index (χ2v) is 12.5. The number of ether oxygens (including phenoxy) is 4. The highest BCUT2D eigenvalue weighted by Crippen LogP contribution is 2.54. The molecule has 5 aromatic rings. The van der Waals surface area contributed by atoms with Gasteiger partial charge in [0.25, 0.3) is 5.91 Å². The number of rotatable bonds is 10. The van der Waals surface area contributed by atoms with Gasteiger partial charge < -0.3 is 34.5 Å². The zero-order chi connectivity index (χ0) is 35.0. The molecule has 3 heterocycles. The molecule has 0 saturated carbocycles. The molecule has 2 saturated heterocycles. The first kappa shape index (κ1) is 33.2. The van der Waals surface area contributed by atoms with Crippen LogP contribution in [0.5, 0.6) is 11.5 Å². The molecule has 2 bridgehead atoms. The molecule has 5 atom stereocenters. The first-order chi connectivity index (χ1) is 24.2. The monoisotopic (exact) mass is 675 g/mol. The van der Waals surface area contributed by atoms with Crippen LogP contribution in [0.4, 0.5) is 5.82 Å². The number of amides is 1. The van der Waals surface area contributed by atoms with Crippen LogP contribution in [0.25, 0.3) is 0 Å². The molecule has 7 rings (SSSR count). The predicted octanol–water partition coefficient (Wildman–Crippen LogP) is 4.24. The number of aliphatic hydroxyl groups excluding tert-OH is 2. The lowest BCUT2D eigenvalue weighted by atomic mass is 9.61. The molecule has 50 heavy (non-hydrogen) atoms. The molecule has 0 spiro atoms. The molecule has 4 aromatic carbocycles. The van der Waals surface area contributed by atoms with Crippen molar-refractivity contribution in [3.63, 3.8) is 0 Å². The Morgan fingerprint density at radius 1 is 0.900 bits per heavy atom. The van der Waals surface area contributed by atoms with Gasteiger partial charge >= 0.3 is 5.69 Å². The number of aliphatic hydroxyl groups is 2. The molecule has 3 N–H and O–H groups in total. The number of nitrogens with one attached hydrogen (secondary N) is 1. The van der Waals surface area contributed by atoms with E-state index in [9.17, 15) is 19.8 Å². The fourth-order valence-electron chi connectivity index (χ4n) is 7.23. The molecule has 1 amide bonds. The summed E-state index contributed by atoms with van der Waals surface area (Å²) in [6, 6.07) is 32.9. The number of fused-ring (bicyclic) bond motifs is 2. The Morgan fingerprint density at radius 2 is 1.44 bits per heavy atom. The van der Waals surface area contributed by atoms with Gasteiger partial charge in [-0.05, 0) is 60.0 Å². The van der Waals surface area contributed by atoms with Gasteiger partial charge in [0.1, 0.15) is 41.2 Å². The minimum atomic E-state index is -1.70. The summed E-state index contributed by atoms with van der Waals surface area (Å²) >= 11 is 0. The van der Waals surface area contributed by atoms with Gasteiger partial charge in [0.2, 0.25) is 0 Å². The summed E-state index contributed by atoms with van der Waals surface area (Å²) in [7, 11) is 3.16. The minimum absolute atomic E-state index is 0.0987. The van der Waals surface area contributed by atoms with E-state index in [0.717, 1.165) is 5.56 Å². The molecule has 2 aliphatic heterocycles. The Hall–Kier alpha value is -5.33. The van der Waals surface area contributed by atoms with Crippen molar-refractivity contribution in [2.75, 3.05) is 26.1 Å². The van der Waals surface area contributed by atoms with Gasteiger partial charge in [-0.3, -0.25) is 9.36 Å². The summed E-state index contributed by atoms with van der Waals surface area (Å²) in [4.78, 5) is 30.5. The average molecular weight is 676 g/mol. The fraction of sp³-hybridized carbons (Fsp3) is 0.256. The maximum atomic E-state index is 13.5. The van der Waals surface area contributed by atoms with Crippen LogP contribution in [-0.2, 0) is 14.9 Å². The first-order valence-electron chi connectivity index (χ1n) is 16.2. The van der Waals surface area contributed by atoms with Crippen molar-refractivity contribution in [3.8, 4) is 11.5 Å².